The summed E-state index contributed by atoms with van der Waals surface area (Å²) in [6.07, 6.45) is 0. The molecule has 1 N–H and O–H groups in total. The van der Waals surface area contributed by atoms with Crippen molar-refractivity contribution in [3.63, 3.8) is 0 Å². The van der Waals surface area contributed by atoms with Crippen LogP contribution in [0.2, 0.25) is 10.0 Å². The van der Waals surface area contributed by atoms with Crippen molar-refractivity contribution in [3.8, 4) is 0 Å². The van der Waals surface area contributed by atoms with Crippen molar-refractivity contribution in [1.82, 2.24) is 9.80 Å². The maximum atomic E-state index is 12.2. The molecule has 1 aromatic rings. The van der Waals surface area contributed by atoms with Crippen molar-refractivity contribution in [1.29, 1.82) is 0 Å². The standard InChI is InChI=1S/C15H15Cl2N3O4/c1-8(2)6-19-13(22)14(23)20(15(19)24)7-11(21)18-12-9(16)4-3-5-10(12)17/h3-5,8H,6-7H2,1-2H3,(H,18,21). The number of para-hydroxylation sites is 1. The molecular weight excluding hydrogens is 357 g/mol. The van der Waals surface area contributed by atoms with Gasteiger partial charge < -0.3 is 5.32 Å². The van der Waals surface area contributed by atoms with Crippen molar-refractivity contribution in [2.75, 3.05) is 18.4 Å². The van der Waals surface area contributed by atoms with Gasteiger partial charge in [0.2, 0.25) is 5.91 Å². The Hall–Kier alpha value is -2.12. The second-order valence-electron chi connectivity index (χ2n) is 5.63. The number of amides is 5. The first-order valence-corrected chi connectivity index (χ1v) is 7.89. The zero-order valence-corrected chi connectivity index (χ0v) is 14.5. The van der Waals surface area contributed by atoms with Crippen LogP contribution in [0.1, 0.15) is 13.8 Å². The lowest BCUT2D eigenvalue weighted by atomic mass is 10.2. The number of imide groups is 2. The third kappa shape index (κ3) is 3.68. The van der Waals surface area contributed by atoms with Gasteiger partial charge in [0.25, 0.3) is 0 Å². The van der Waals surface area contributed by atoms with E-state index in [1.54, 1.807) is 19.9 Å². The predicted octanol–water partition coefficient (Wildman–Crippen LogP) is 2.38. The molecule has 0 unspecified atom stereocenters. The summed E-state index contributed by atoms with van der Waals surface area (Å²) in [6.45, 7) is 3.12. The van der Waals surface area contributed by atoms with Crippen LogP contribution in [-0.2, 0) is 14.4 Å². The van der Waals surface area contributed by atoms with E-state index in [-0.39, 0.29) is 28.2 Å². The van der Waals surface area contributed by atoms with Crippen LogP contribution in [0.4, 0.5) is 10.5 Å². The Morgan fingerprint density at radius 2 is 1.62 bits per heavy atom. The number of hydrogen-bond donors (Lipinski definition) is 1. The summed E-state index contributed by atoms with van der Waals surface area (Å²) in [6, 6.07) is 3.86. The maximum absolute atomic E-state index is 12.2. The second-order valence-corrected chi connectivity index (χ2v) is 6.44. The first-order valence-electron chi connectivity index (χ1n) is 7.13. The Morgan fingerprint density at radius 1 is 1.08 bits per heavy atom. The lowest BCUT2D eigenvalue weighted by Gasteiger charge is -2.17. The summed E-state index contributed by atoms with van der Waals surface area (Å²) >= 11 is 11.9. The molecule has 0 aliphatic carbocycles. The molecule has 0 atom stereocenters. The first kappa shape index (κ1) is 18.2. The molecule has 0 radical (unpaired) electrons. The van der Waals surface area contributed by atoms with Crippen molar-refractivity contribution < 1.29 is 19.2 Å². The molecule has 0 spiro atoms. The van der Waals surface area contributed by atoms with E-state index in [4.69, 9.17) is 23.2 Å². The molecule has 0 aromatic heterocycles. The van der Waals surface area contributed by atoms with Gasteiger partial charge in [-0.3, -0.25) is 19.3 Å². The lowest BCUT2D eigenvalue weighted by molar-refractivity contribution is -0.143. The Morgan fingerprint density at radius 3 is 2.17 bits per heavy atom. The highest BCUT2D eigenvalue weighted by atomic mass is 35.5. The Balaban J connectivity index is 2.10. The Bertz CT molecular complexity index is 700. The van der Waals surface area contributed by atoms with Crippen LogP contribution in [0.25, 0.3) is 0 Å². The number of carbonyl (C=O) groups excluding carboxylic acids is 4. The molecule has 1 aliphatic rings. The van der Waals surface area contributed by atoms with Crippen LogP contribution in [0.3, 0.4) is 0 Å². The third-order valence-corrected chi connectivity index (χ3v) is 3.84. The average Bonchev–Trinajstić information content (AvgIpc) is 2.68. The van der Waals surface area contributed by atoms with E-state index >= 15 is 0 Å². The highest BCUT2D eigenvalue weighted by Crippen LogP contribution is 2.29. The zero-order valence-electron chi connectivity index (χ0n) is 13.0. The van der Waals surface area contributed by atoms with Crippen LogP contribution in [0, 0.1) is 5.92 Å². The average molecular weight is 372 g/mol. The molecule has 1 aromatic carbocycles. The number of urea groups is 1. The molecule has 1 saturated heterocycles. The summed E-state index contributed by atoms with van der Waals surface area (Å²) in [4.78, 5) is 49.5. The van der Waals surface area contributed by atoms with Crippen LogP contribution >= 0.6 is 23.2 Å². The minimum atomic E-state index is -1.03. The SMILES string of the molecule is CC(C)CN1C(=O)C(=O)N(CC(=O)Nc2c(Cl)cccc2Cl)C1=O. The first-order chi connectivity index (χ1) is 11.2. The Labute approximate surface area is 148 Å². The van der Waals surface area contributed by atoms with Gasteiger partial charge in [0, 0.05) is 6.54 Å². The number of nitrogens with one attached hydrogen (secondary N) is 1. The summed E-state index contributed by atoms with van der Waals surface area (Å²) in [5.74, 6) is -2.65. The van der Waals surface area contributed by atoms with E-state index in [1.165, 1.54) is 12.1 Å². The molecule has 0 saturated carbocycles. The summed E-state index contributed by atoms with van der Waals surface area (Å²) in [7, 11) is 0. The largest absolute Gasteiger partial charge is 0.334 e. The van der Waals surface area contributed by atoms with Crippen LogP contribution in [0.5, 0.6) is 0 Å². The third-order valence-electron chi connectivity index (χ3n) is 3.21. The fourth-order valence-electron chi connectivity index (χ4n) is 2.16. The predicted molar refractivity (Wildman–Crippen MR) is 88.8 cm³/mol. The molecule has 2 rings (SSSR count). The minimum absolute atomic E-state index is 0.00130. The normalized spacial score (nSPS) is 14.8. The number of benzene rings is 1. The number of rotatable bonds is 5. The van der Waals surface area contributed by atoms with Crippen molar-refractivity contribution >= 4 is 52.6 Å². The molecule has 5 amide bonds. The molecule has 7 nitrogen and oxygen atoms in total. The second kappa shape index (κ2) is 7.19. The van der Waals surface area contributed by atoms with Gasteiger partial charge in [0.05, 0.1) is 15.7 Å². The highest BCUT2D eigenvalue weighted by molar-refractivity contribution is 6.45. The topological polar surface area (TPSA) is 86.8 Å². The quantitative estimate of drug-likeness (QED) is 0.635. The van der Waals surface area contributed by atoms with Crippen molar-refractivity contribution in [3.05, 3.63) is 28.2 Å². The minimum Gasteiger partial charge on any atom is -0.322 e. The van der Waals surface area contributed by atoms with Gasteiger partial charge >= 0.3 is 17.8 Å². The van der Waals surface area contributed by atoms with Gasteiger partial charge in [-0.15, -0.1) is 0 Å². The van der Waals surface area contributed by atoms with Gasteiger partial charge in [-0.2, -0.15) is 0 Å². The van der Waals surface area contributed by atoms with Crippen molar-refractivity contribution in [2.24, 2.45) is 5.92 Å². The van der Waals surface area contributed by atoms with Gasteiger partial charge in [-0.1, -0.05) is 43.1 Å². The van der Waals surface area contributed by atoms with Crippen LogP contribution in [0.15, 0.2) is 18.2 Å². The molecule has 0 bridgehead atoms. The summed E-state index contributed by atoms with van der Waals surface area (Å²) < 4.78 is 0. The molecule has 9 heteroatoms. The number of carbonyl (C=O) groups is 4. The van der Waals surface area contributed by atoms with Crippen LogP contribution in [-0.4, -0.2) is 46.6 Å². The summed E-state index contributed by atoms with van der Waals surface area (Å²) in [5.41, 5.74) is 0.176. The lowest BCUT2D eigenvalue weighted by Crippen LogP contribution is -2.39. The number of halogens is 2. The van der Waals surface area contributed by atoms with E-state index in [1.807, 2.05) is 0 Å². The smallest absolute Gasteiger partial charge is 0.322 e. The Kier molecular flexibility index (Phi) is 5.46. The van der Waals surface area contributed by atoms with E-state index in [2.05, 4.69) is 5.32 Å². The zero-order chi connectivity index (χ0) is 18.0. The van der Waals surface area contributed by atoms with Crippen molar-refractivity contribution in [2.45, 2.75) is 13.8 Å². The fraction of sp³-hybridized carbons (Fsp3) is 0.333. The van der Waals surface area contributed by atoms with Gasteiger partial charge in [-0.05, 0) is 18.1 Å². The molecule has 128 valence electrons. The van der Waals surface area contributed by atoms with E-state index in [0.717, 1.165) is 4.90 Å². The fourth-order valence-corrected chi connectivity index (χ4v) is 2.65. The number of hydrogen-bond acceptors (Lipinski definition) is 4. The number of nitrogens with zero attached hydrogens (tertiary/aromatic N) is 2. The number of anilines is 1. The molecule has 1 fully saturated rings. The molecular formula is C15H15Cl2N3O4. The van der Waals surface area contributed by atoms with Gasteiger partial charge in [-0.25, -0.2) is 9.69 Å². The van der Waals surface area contributed by atoms with Gasteiger partial charge in [0.15, 0.2) is 0 Å². The van der Waals surface area contributed by atoms with E-state index in [0.29, 0.717) is 4.90 Å². The molecule has 1 aliphatic heterocycles. The molecule has 1 heterocycles. The monoisotopic (exact) mass is 371 g/mol. The highest BCUT2D eigenvalue weighted by Gasteiger charge is 2.45. The van der Waals surface area contributed by atoms with E-state index < -0.39 is 30.3 Å². The van der Waals surface area contributed by atoms with Crippen LogP contribution < -0.4 is 5.32 Å². The van der Waals surface area contributed by atoms with Gasteiger partial charge in [0.1, 0.15) is 6.54 Å². The summed E-state index contributed by atoms with van der Waals surface area (Å²) in [5, 5.41) is 2.87. The molecule has 24 heavy (non-hydrogen) atoms. The maximum Gasteiger partial charge on any atom is 0.334 e. The van der Waals surface area contributed by atoms with E-state index in [9.17, 15) is 19.2 Å².